The van der Waals surface area contributed by atoms with E-state index in [9.17, 15) is 13.2 Å². The number of halogens is 5. The summed E-state index contributed by atoms with van der Waals surface area (Å²) in [5, 5.41) is 4.11. The molecule has 2 aromatic carbocycles. The molecule has 0 saturated carbocycles. The molecule has 1 aliphatic carbocycles. The first-order valence-corrected chi connectivity index (χ1v) is 8.54. The lowest BCUT2D eigenvalue weighted by Gasteiger charge is -2.27. The van der Waals surface area contributed by atoms with Crippen LogP contribution in [0.15, 0.2) is 24.3 Å². The van der Waals surface area contributed by atoms with Gasteiger partial charge in [0.1, 0.15) is 5.75 Å². The van der Waals surface area contributed by atoms with Gasteiger partial charge in [-0.3, -0.25) is 0 Å². The molecule has 0 saturated heterocycles. The van der Waals surface area contributed by atoms with Crippen LogP contribution < -0.4 is 10.1 Å². The molecule has 4 rings (SSSR count). The summed E-state index contributed by atoms with van der Waals surface area (Å²) in [7, 11) is 1.54. The molecule has 1 atom stereocenters. The summed E-state index contributed by atoms with van der Waals surface area (Å²) >= 11 is 12.7. The molecule has 7 heteroatoms. The molecule has 2 aromatic rings. The average Bonchev–Trinajstić information content (AvgIpc) is 3.11. The first kappa shape index (κ1) is 16.9. The van der Waals surface area contributed by atoms with E-state index < -0.39 is 17.2 Å². The Balaban J connectivity index is 1.93. The van der Waals surface area contributed by atoms with Gasteiger partial charge in [0, 0.05) is 28.2 Å². The number of alkyl halides is 3. The molecule has 25 heavy (non-hydrogen) atoms. The molecule has 2 nitrogen and oxygen atoms in total. The molecule has 2 aliphatic rings. The van der Waals surface area contributed by atoms with E-state index in [0.717, 1.165) is 35.6 Å². The van der Waals surface area contributed by atoms with E-state index in [4.69, 9.17) is 27.9 Å². The lowest BCUT2D eigenvalue weighted by Crippen LogP contribution is -2.27. The van der Waals surface area contributed by atoms with Gasteiger partial charge in [-0.2, -0.15) is 13.2 Å². The summed E-state index contributed by atoms with van der Waals surface area (Å²) in [6.07, 6.45) is -2.90. The van der Waals surface area contributed by atoms with Gasteiger partial charge in [-0.1, -0.05) is 29.3 Å². The van der Waals surface area contributed by atoms with Crippen LogP contribution in [0.5, 0.6) is 5.75 Å². The molecular formula is C18H14Cl2F3NO. The van der Waals surface area contributed by atoms with Crippen molar-refractivity contribution < 1.29 is 17.9 Å². The highest BCUT2D eigenvalue weighted by Gasteiger charge is 2.49. The second-order valence-corrected chi connectivity index (χ2v) is 7.24. The third kappa shape index (κ3) is 2.32. The van der Waals surface area contributed by atoms with E-state index in [1.54, 1.807) is 12.1 Å². The lowest BCUT2D eigenvalue weighted by atomic mass is 9.76. The van der Waals surface area contributed by atoms with E-state index in [2.05, 4.69) is 5.32 Å². The number of rotatable bonds is 1. The van der Waals surface area contributed by atoms with Crippen LogP contribution in [0.1, 0.15) is 28.7 Å². The van der Waals surface area contributed by atoms with E-state index >= 15 is 0 Å². The molecule has 132 valence electrons. The summed E-state index contributed by atoms with van der Waals surface area (Å²) in [4.78, 5) is 0. The highest BCUT2D eigenvalue weighted by molar-refractivity contribution is 6.36. The number of benzene rings is 2. The zero-order valence-electron chi connectivity index (χ0n) is 13.2. The SMILES string of the molecule is COc1c(Cl)cc(Cl)c2c1[C@]1(CC2)CNc2cc(C(F)(F)F)ccc21. The topological polar surface area (TPSA) is 21.3 Å². The van der Waals surface area contributed by atoms with Gasteiger partial charge in [0.2, 0.25) is 0 Å². The molecule has 0 amide bonds. The Labute approximate surface area is 152 Å². The largest absolute Gasteiger partial charge is 0.495 e. The Morgan fingerprint density at radius 3 is 2.60 bits per heavy atom. The predicted octanol–water partition coefficient (Wildman–Crippen LogP) is 5.68. The molecule has 0 unspecified atom stereocenters. The molecule has 1 aliphatic heterocycles. The second kappa shape index (κ2) is 5.45. The van der Waals surface area contributed by atoms with Gasteiger partial charge >= 0.3 is 6.18 Å². The minimum absolute atomic E-state index is 0.410. The molecule has 0 radical (unpaired) electrons. The summed E-state index contributed by atoms with van der Waals surface area (Å²) in [6.45, 7) is 0.490. The zero-order chi connectivity index (χ0) is 18.0. The molecular weight excluding hydrogens is 374 g/mol. The van der Waals surface area contributed by atoms with E-state index in [-0.39, 0.29) is 0 Å². The Morgan fingerprint density at radius 2 is 1.92 bits per heavy atom. The van der Waals surface area contributed by atoms with Crippen molar-refractivity contribution in [1.29, 1.82) is 0 Å². The highest BCUT2D eigenvalue weighted by atomic mass is 35.5. The van der Waals surface area contributed by atoms with Crippen LogP contribution in [-0.2, 0) is 18.0 Å². The van der Waals surface area contributed by atoms with Crippen LogP contribution in [0, 0.1) is 0 Å². The summed E-state index contributed by atoms with van der Waals surface area (Å²) in [5.41, 5.74) is 2.03. The van der Waals surface area contributed by atoms with Crippen molar-refractivity contribution in [2.24, 2.45) is 0 Å². The molecule has 0 bridgehead atoms. The second-order valence-electron chi connectivity index (χ2n) is 6.42. The first-order valence-electron chi connectivity index (χ1n) is 7.79. The van der Waals surface area contributed by atoms with E-state index in [1.165, 1.54) is 13.2 Å². The van der Waals surface area contributed by atoms with Gasteiger partial charge in [0.25, 0.3) is 0 Å². The predicted molar refractivity (Wildman–Crippen MR) is 92.0 cm³/mol. The van der Waals surface area contributed by atoms with Crippen LogP contribution in [0.4, 0.5) is 18.9 Å². The maximum atomic E-state index is 13.0. The van der Waals surface area contributed by atoms with E-state index in [1.807, 2.05) is 0 Å². The number of nitrogens with one attached hydrogen (secondary N) is 1. The van der Waals surface area contributed by atoms with Gasteiger partial charge < -0.3 is 10.1 Å². The van der Waals surface area contributed by atoms with Crippen molar-refractivity contribution in [2.45, 2.75) is 24.4 Å². The van der Waals surface area contributed by atoms with Gasteiger partial charge in [-0.25, -0.2) is 0 Å². The fourth-order valence-corrected chi connectivity index (χ4v) is 4.76. The fourth-order valence-electron chi connectivity index (χ4n) is 4.12. The van der Waals surface area contributed by atoms with Crippen molar-refractivity contribution in [3.05, 3.63) is 56.6 Å². The molecule has 1 spiro atoms. The molecule has 0 aromatic heterocycles. The van der Waals surface area contributed by atoms with Crippen molar-refractivity contribution in [1.82, 2.24) is 0 Å². The van der Waals surface area contributed by atoms with Crippen molar-refractivity contribution in [3.8, 4) is 5.75 Å². The van der Waals surface area contributed by atoms with Crippen LogP contribution in [-0.4, -0.2) is 13.7 Å². The van der Waals surface area contributed by atoms with Crippen molar-refractivity contribution in [3.63, 3.8) is 0 Å². The minimum atomic E-state index is -4.37. The number of fused-ring (bicyclic) bond motifs is 4. The van der Waals surface area contributed by atoms with E-state index in [0.29, 0.717) is 28.0 Å². The average molecular weight is 388 g/mol. The Morgan fingerprint density at radius 1 is 1.16 bits per heavy atom. The van der Waals surface area contributed by atoms with Crippen molar-refractivity contribution in [2.75, 3.05) is 19.0 Å². The third-order valence-corrected chi connectivity index (χ3v) is 5.83. The Hall–Kier alpha value is -1.59. The third-order valence-electron chi connectivity index (χ3n) is 5.22. The zero-order valence-corrected chi connectivity index (χ0v) is 14.7. The van der Waals surface area contributed by atoms with Crippen molar-refractivity contribution >= 4 is 28.9 Å². The molecule has 1 heterocycles. The van der Waals surface area contributed by atoms with Gasteiger partial charge in [-0.05, 0) is 42.2 Å². The number of methoxy groups -OCH3 is 1. The van der Waals surface area contributed by atoms with Crippen LogP contribution >= 0.6 is 23.2 Å². The van der Waals surface area contributed by atoms with Crippen LogP contribution in [0.3, 0.4) is 0 Å². The quantitative estimate of drug-likeness (QED) is 0.679. The molecule has 1 N–H and O–H groups in total. The summed E-state index contributed by atoms with van der Waals surface area (Å²) in [6, 6.07) is 5.52. The van der Waals surface area contributed by atoms with Crippen LogP contribution in [0.25, 0.3) is 0 Å². The monoisotopic (exact) mass is 387 g/mol. The first-order chi connectivity index (χ1) is 11.8. The van der Waals surface area contributed by atoms with Crippen LogP contribution in [0.2, 0.25) is 10.0 Å². The minimum Gasteiger partial charge on any atom is -0.495 e. The maximum absolute atomic E-state index is 13.0. The standard InChI is InChI=1S/C18H14Cl2F3NO/c1-25-16-13(20)7-12(19)10-4-5-17(15(10)16)8-24-14-6-9(18(21,22)23)2-3-11(14)17/h2-3,6-7,24H,4-5,8H2,1H3/t17-/m1/s1. The maximum Gasteiger partial charge on any atom is 0.416 e. The summed E-state index contributed by atoms with van der Waals surface area (Å²) in [5.74, 6) is 0.549. The van der Waals surface area contributed by atoms with Gasteiger partial charge in [-0.15, -0.1) is 0 Å². The van der Waals surface area contributed by atoms with Gasteiger partial charge in [0.15, 0.2) is 0 Å². The fraction of sp³-hybridized carbons (Fsp3) is 0.333. The normalized spacial score (nSPS) is 21.2. The number of anilines is 1. The molecule has 0 fully saturated rings. The lowest BCUT2D eigenvalue weighted by molar-refractivity contribution is -0.137. The number of hydrogen-bond donors (Lipinski definition) is 1. The summed E-state index contributed by atoms with van der Waals surface area (Å²) < 4.78 is 44.5. The Bertz CT molecular complexity index is 882. The highest BCUT2D eigenvalue weighted by Crippen LogP contribution is 2.56. The number of ether oxygens (including phenoxy) is 1. The smallest absolute Gasteiger partial charge is 0.416 e. The number of hydrogen-bond acceptors (Lipinski definition) is 2. The van der Waals surface area contributed by atoms with Gasteiger partial charge in [0.05, 0.1) is 17.7 Å². The Kier molecular flexibility index (Phi) is 3.68.